The molecule has 0 aromatic carbocycles. The van der Waals surface area contributed by atoms with E-state index in [-0.39, 0.29) is 16.7 Å². The van der Waals surface area contributed by atoms with E-state index in [1.54, 1.807) is 11.0 Å². The summed E-state index contributed by atoms with van der Waals surface area (Å²) in [6, 6.07) is 3.02. The van der Waals surface area contributed by atoms with Crippen molar-refractivity contribution in [3.05, 3.63) is 16.5 Å². The molecule has 0 aliphatic rings. The van der Waals surface area contributed by atoms with Crippen molar-refractivity contribution < 1.29 is 13.2 Å². The van der Waals surface area contributed by atoms with E-state index in [0.717, 1.165) is 30.6 Å². The van der Waals surface area contributed by atoms with Crippen molar-refractivity contribution >= 4 is 38.9 Å². The molecule has 0 saturated heterocycles. The predicted molar refractivity (Wildman–Crippen MR) is 86.3 cm³/mol. The smallest absolute Gasteiger partial charge is 0.250 e. The number of nitrogens with one attached hydrogen (secondary N) is 1. The molecule has 0 bridgehead atoms. The normalized spacial score (nSPS) is 11.6. The third-order valence-corrected chi connectivity index (χ3v) is 6.15. The van der Waals surface area contributed by atoms with Crippen LogP contribution >= 0.6 is 22.9 Å². The second kappa shape index (κ2) is 8.73. The van der Waals surface area contributed by atoms with Crippen LogP contribution in [0.2, 0.25) is 4.34 Å². The van der Waals surface area contributed by atoms with E-state index in [2.05, 4.69) is 11.6 Å². The molecule has 5 nitrogen and oxygen atoms in total. The van der Waals surface area contributed by atoms with Crippen LogP contribution in [0, 0.1) is 0 Å². The summed E-state index contributed by atoms with van der Waals surface area (Å²) in [5, 5.41) is 0. The van der Waals surface area contributed by atoms with Crippen molar-refractivity contribution in [1.29, 1.82) is 0 Å². The number of nitrogens with zero attached hydrogens (tertiary/aromatic N) is 1. The van der Waals surface area contributed by atoms with Crippen LogP contribution in [0.4, 0.5) is 0 Å². The van der Waals surface area contributed by atoms with Crippen LogP contribution in [0.5, 0.6) is 0 Å². The molecule has 0 saturated carbocycles. The van der Waals surface area contributed by atoms with Crippen LogP contribution in [-0.2, 0) is 14.8 Å². The first-order valence-corrected chi connectivity index (χ1v) is 9.55. The number of halogens is 1. The molecule has 1 amide bonds. The average molecular weight is 353 g/mol. The summed E-state index contributed by atoms with van der Waals surface area (Å²) in [6.07, 6.45) is 3.07. The number of hydrogen-bond donors (Lipinski definition) is 1. The number of carbonyl (C=O) groups excluding carboxylic acids is 1. The van der Waals surface area contributed by atoms with Crippen molar-refractivity contribution in [3.63, 3.8) is 0 Å². The highest BCUT2D eigenvalue weighted by Gasteiger charge is 2.17. The van der Waals surface area contributed by atoms with Gasteiger partial charge in [0.1, 0.15) is 4.21 Å². The molecule has 0 unspecified atom stereocenters. The zero-order valence-corrected chi connectivity index (χ0v) is 14.7. The molecular weight excluding hydrogens is 332 g/mol. The quantitative estimate of drug-likeness (QED) is 0.695. The summed E-state index contributed by atoms with van der Waals surface area (Å²) in [4.78, 5) is 13.2. The molecule has 0 radical (unpaired) electrons. The molecule has 0 atom stereocenters. The highest BCUT2D eigenvalue weighted by Crippen LogP contribution is 2.25. The Morgan fingerprint density at radius 3 is 2.57 bits per heavy atom. The Morgan fingerprint density at radius 1 is 1.33 bits per heavy atom. The average Bonchev–Trinajstić information content (AvgIpc) is 2.84. The van der Waals surface area contributed by atoms with E-state index in [0.29, 0.717) is 17.4 Å². The van der Waals surface area contributed by atoms with Gasteiger partial charge in [0.05, 0.1) is 4.34 Å². The van der Waals surface area contributed by atoms with Crippen LogP contribution in [0.3, 0.4) is 0 Å². The van der Waals surface area contributed by atoms with Crippen LogP contribution in [0.25, 0.3) is 0 Å². The van der Waals surface area contributed by atoms with Gasteiger partial charge in [0.25, 0.3) is 0 Å². The first-order valence-electron chi connectivity index (χ1n) is 6.87. The maximum atomic E-state index is 12.0. The molecule has 0 spiro atoms. The van der Waals surface area contributed by atoms with Gasteiger partial charge >= 0.3 is 0 Å². The minimum atomic E-state index is -3.54. The minimum Gasteiger partial charge on any atom is -0.342 e. The van der Waals surface area contributed by atoms with Gasteiger partial charge in [-0.25, -0.2) is 13.1 Å². The fourth-order valence-corrected chi connectivity index (χ4v) is 4.36. The molecule has 1 aromatic rings. The van der Waals surface area contributed by atoms with E-state index < -0.39 is 10.0 Å². The van der Waals surface area contributed by atoms with Gasteiger partial charge in [0.2, 0.25) is 15.9 Å². The van der Waals surface area contributed by atoms with Gasteiger partial charge < -0.3 is 4.90 Å². The third-order valence-electron chi connectivity index (χ3n) is 2.96. The topological polar surface area (TPSA) is 66.5 Å². The molecule has 1 N–H and O–H groups in total. The van der Waals surface area contributed by atoms with E-state index >= 15 is 0 Å². The van der Waals surface area contributed by atoms with Crippen LogP contribution < -0.4 is 4.72 Å². The van der Waals surface area contributed by atoms with Gasteiger partial charge in [-0.3, -0.25) is 4.79 Å². The molecule has 0 fully saturated rings. The number of sulfonamides is 1. The SMILES string of the molecule is CCCCCN(CCNS(=O)(=O)c1ccc(Cl)s1)C(C)=O. The standard InChI is InChI=1S/C13H21ClN2O3S2/c1-3-4-5-9-16(11(2)17)10-8-15-21(18,19)13-7-6-12(14)20-13/h6-7,15H,3-5,8-10H2,1-2H3. The van der Waals surface area contributed by atoms with Gasteiger partial charge in [-0.05, 0) is 18.6 Å². The second-order valence-corrected chi connectivity index (χ2v) is 8.38. The summed E-state index contributed by atoms with van der Waals surface area (Å²) in [7, 11) is -3.54. The molecule has 0 aliphatic carbocycles. The van der Waals surface area contributed by atoms with E-state index in [1.165, 1.54) is 13.0 Å². The number of carbonyl (C=O) groups is 1. The van der Waals surface area contributed by atoms with Crippen molar-refractivity contribution in [3.8, 4) is 0 Å². The van der Waals surface area contributed by atoms with E-state index in [9.17, 15) is 13.2 Å². The third kappa shape index (κ3) is 6.34. The van der Waals surface area contributed by atoms with Crippen molar-refractivity contribution in [2.75, 3.05) is 19.6 Å². The van der Waals surface area contributed by atoms with E-state index in [1.807, 2.05) is 0 Å². The molecule has 0 aliphatic heterocycles. The molecule has 1 rings (SSSR count). The minimum absolute atomic E-state index is 0.0375. The Kier molecular flexibility index (Phi) is 7.65. The Morgan fingerprint density at radius 2 is 2.05 bits per heavy atom. The fraction of sp³-hybridized carbons (Fsp3) is 0.615. The summed E-state index contributed by atoms with van der Waals surface area (Å²) >= 11 is 6.75. The number of hydrogen-bond acceptors (Lipinski definition) is 4. The maximum absolute atomic E-state index is 12.0. The van der Waals surface area contributed by atoms with Crippen LogP contribution in [0.15, 0.2) is 16.3 Å². The largest absolute Gasteiger partial charge is 0.342 e. The van der Waals surface area contributed by atoms with Crippen molar-refractivity contribution in [1.82, 2.24) is 9.62 Å². The zero-order chi connectivity index (χ0) is 15.9. The lowest BCUT2D eigenvalue weighted by molar-refractivity contribution is -0.128. The lowest BCUT2D eigenvalue weighted by atomic mass is 10.2. The van der Waals surface area contributed by atoms with Crippen LogP contribution in [0.1, 0.15) is 33.1 Å². The monoisotopic (exact) mass is 352 g/mol. The Hall–Kier alpha value is -0.630. The number of amides is 1. The van der Waals surface area contributed by atoms with Crippen molar-refractivity contribution in [2.24, 2.45) is 0 Å². The highest BCUT2D eigenvalue weighted by atomic mass is 35.5. The van der Waals surface area contributed by atoms with Gasteiger partial charge in [0.15, 0.2) is 0 Å². The number of unbranched alkanes of at least 4 members (excludes halogenated alkanes) is 2. The lowest BCUT2D eigenvalue weighted by Crippen LogP contribution is -2.37. The first-order chi connectivity index (χ1) is 9.86. The van der Waals surface area contributed by atoms with Crippen LogP contribution in [-0.4, -0.2) is 38.9 Å². The van der Waals surface area contributed by atoms with E-state index in [4.69, 9.17) is 11.6 Å². The molecule has 120 valence electrons. The molecule has 1 aromatic heterocycles. The zero-order valence-electron chi connectivity index (χ0n) is 12.3. The Balaban J connectivity index is 2.48. The molecule has 21 heavy (non-hydrogen) atoms. The Bertz CT molecular complexity index is 558. The van der Waals surface area contributed by atoms with Crippen molar-refractivity contribution in [2.45, 2.75) is 37.3 Å². The summed E-state index contributed by atoms with van der Waals surface area (Å²) in [5.41, 5.74) is 0. The maximum Gasteiger partial charge on any atom is 0.250 e. The summed E-state index contributed by atoms with van der Waals surface area (Å²) in [6.45, 7) is 4.83. The summed E-state index contributed by atoms with van der Waals surface area (Å²) < 4.78 is 27.1. The summed E-state index contributed by atoms with van der Waals surface area (Å²) in [5.74, 6) is -0.0375. The first kappa shape index (κ1) is 18.4. The Labute approximate surface area is 135 Å². The van der Waals surface area contributed by atoms with Gasteiger partial charge in [-0.15, -0.1) is 11.3 Å². The van der Waals surface area contributed by atoms with Gasteiger partial charge in [0, 0.05) is 26.6 Å². The molecule has 1 heterocycles. The van der Waals surface area contributed by atoms with Gasteiger partial charge in [-0.1, -0.05) is 31.4 Å². The lowest BCUT2D eigenvalue weighted by Gasteiger charge is -2.21. The fourth-order valence-electron chi connectivity index (χ4n) is 1.81. The van der Waals surface area contributed by atoms with Gasteiger partial charge in [-0.2, -0.15) is 0 Å². The predicted octanol–water partition coefficient (Wildman–Crippen LogP) is 2.72. The second-order valence-electron chi connectivity index (χ2n) is 4.67. The molecular formula is C13H21ClN2O3S2. The number of rotatable bonds is 9. The molecule has 8 heteroatoms. The highest BCUT2D eigenvalue weighted by molar-refractivity contribution is 7.91. The number of thiophene rings is 1.